The first-order valence-electron chi connectivity index (χ1n) is 11.2. The van der Waals surface area contributed by atoms with Crippen LogP contribution in [-0.4, -0.2) is 35.8 Å². The average Bonchev–Trinajstić information content (AvgIpc) is 3.13. The van der Waals surface area contributed by atoms with E-state index in [4.69, 9.17) is 4.74 Å². The van der Waals surface area contributed by atoms with Crippen LogP contribution >= 0.6 is 0 Å². The molecule has 8 nitrogen and oxygen atoms in total. The molecule has 3 aromatic rings. The van der Waals surface area contributed by atoms with Crippen molar-refractivity contribution in [3.63, 3.8) is 0 Å². The van der Waals surface area contributed by atoms with Gasteiger partial charge in [0.2, 0.25) is 0 Å². The van der Waals surface area contributed by atoms with Gasteiger partial charge in [-0.2, -0.15) is 0 Å². The molecule has 0 spiro atoms. The largest absolute Gasteiger partial charge is 0.496 e. The Kier molecular flexibility index (Phi) is 7.21. The zero-order chi connectivity index (χ0) is 24.8. The van der Waals surface area contributed by atoms with Crippen LogP contribution in [0.1, 0.15) is 32.6 Å². The lowest BCUT2D eigenvalue weighted by molar-refractivity contribution is -0.140. The number of ether oxygens (including phenoxy) is 1. The van der Waals surface area contributed by atoms with Crippen molar-refractivity contribution in [2.75, 3.05) is 7.11 Å². The van der Waals surface area contributed by atoms with Gasteiger partial charge in [0.1, 0.15) is 5.75 Å². The van der Waals surface area contributed by atoms with Gasteiger partial charge in [-0.25, -0.2) is 4.79 Å². The predicted octanol–water partition coefficient (Wildman–Crippen LogP) is 2.99. The minimum absolute atomic E-state index is 0.134. The van der Waals surface area contributed by atoms with E-state index in [2.05, 4.69) is 29.6 Å². The maximum Gasteiger partial charge on any atom is 0.331 e. The summed E-state index contributed by atoms with van der Waals surface area (Å²) in [5, 5.41) is 4.83. The number of methoxy groups -OCH3 is 1. The van der Waals surface area contributed by atoms with Crippen LogP contribution in [0.5, 0.6) is 5.75 Å². The van der Waals surface area contributed by atoms with Crippen molar-refractivity contribution in [2.24, 2.45) is 0 Å². The topological polar surface area (TPSA) is 105 Å². The van der Waals surface area contributed by atoms with Crippen molar-refractivity contribution in [1.29, 1.82) is 0 Å². The van der Waals surface area contributed by atoms with Crippen molar-refractivity contribution in [2.45, 2.75) is 25.9 Å². The van der Waals surface area contributed by atoms with E-state index in [9.17, 15) is 19.2 Å². The van der Waals surface area contributed by atoms with Gasteiger partial charge in [-0.3, -0.25) is 24.6 Å². The van der Waals surface area contributed by atoms with Crippen LogP contribution < -0.4 is 15.4 Å². The van der Waals surface area contributed by atoms with Gasteiger partial charge in [-0.05, 0) is 47.2 Å². The number of urea groups is 1. The molecule has 1 fully saturated rings. The molecule has 0 bridgehead atoms. The van der Waals surface area contributed by atoms with Gasteiger partial charge in [-0.1, -0.05) is 60.7 Å². The fourth-order valence-corrected chi connectivity index (χ4v) is 3.82. The summed E-state index contributed by atoms with van der Waals surface area (Å²) in [6.07, 6.45) is 1.90. The second-order valence-electron chi connectivity index (χ2n) is 8.17. The summed E-state index contributed by atoms with van der Waals surface area (Å²) < 4.78 is 5.31. The normalized spacial score (nSPS) is 13.1. The Labute approximate surface area is 202 Å². The number of aryl methyl sites for hydroxylation is 2. The predicted molar refractivity (Wildman–Crippen MR) is 129 cm³/mol. The molecule has 0 unspecified atom stereocenters. The van der Waals surface area contributed by atoms with Crippen LogP contribution in [0.2, 0.25) is 0 Å². The molecule has 1 aliphatic rings. The van der Waals surface area contributed by atoms with Crippen LogP contribution in [0.3, 0.4) is 0 Å². The van der Waals surface area contributed by atoms with Crippen LogP contribution in [0.4, 0.5) is 4.79 Å². The van der Waals surface area contributed by atoms with Crippen molar-refractivity contribution in [3.05, 3.63) is 101 Å². The van der Waals surface area contributed by atoms with E-state index in [1.54, 1.807) is 18.2 Å². The lowest BCUT2D eigenvalue weighted by Gasteiger charge is -2.14. The Morgan fingerprint density at radius 2 is 1.49 bits per heavy atom. The number of hydrogen-bond donors (Lipinski definition) is 2. The SMILES string of the molecule is COc1ccc(CN2C(=O)NC(=O)C2=O)cc1C(=O)NCc1ccc(CCc2ccccc2)cc1. The smallest absolute Gasteiger partial charge is 0.331 e. The van der Waals surface area contributed by atoms with Crippen molar-refractivity contribution in [1.82, 2.24) is 15.5 Å². The van der Waals surface area contributed by atoms with Crippen LogP contribution in [0.15, 0.2) is 72.8 Å². The zero-order valence-electron chi connectivity index (χ0n) is 19.2. The number of hydrogen-bond acceptors (Lipinski definition) is 5. The van der Waals surface area contributed by atoms with Crippen LogP contribution in [0.25, 0.3) is 0 Å². The van der Waals surface area contributed by atoms with Gasteiger partial charge in [0, 0.05) is 6.54 Å². The van der Waals surface area contributed by atoms with E-state index >= 15 is 0 Å². The molecule has 0 aromatic heterocycles. The van der Waals surface area contributed by atoms with Gasteiger partial charge < -0.3 is 10.1 Å². The molecule has 1 aliphatic heterocycles. The molecular formula is C27H25N3O5. The molecule has 0 saturated carbocycles. The van der Waals surface area contributed by atoms with Gasteiger partial charge in [-0.15, -0.1) is 0 Å². The van der Waals surface area contributed by atoms with E-state index in [1.165, 1.54) is 18.2 Å². The van der Waals surface area contributed by atoms with Gasteiger partial charge in [0.15, 0.2) is 0 Å². The highest BCUT2D eigenvalue weighted by molar-refractivity contribution is 6.44. The zero-order valence-corrected chi connectivity index (χ0v) is 19.2. The molecule has 3 aromatic carbocycles. The average molecular weight is 472 g/mol. The number of imide groups is 2. The van der Waals surface area contributed by atoms with E-state index in [0.29, 0.717) is 17.9 Å². The molecule has 0 radical (unpaired) electrons. The summed E-state index contributed by atoms with van der Waals surface area (Å²) in [6.45, 7) is 0.192. The summed E-state index contributed by atoms with van der Waals surface area (Å²) in [5.74, 6) is -1.89. The number of benzene rings is 3. The van der Waals surface area contributed by atoms with Crippen molar-refractivity contribution in [3.8, 4) is 5.75 Å². The summed E-state index contributed by atoms with van der Waals surface area (Å²) >= 11 is 0. The minimum Gasteiger partial charge on any atom is -0.496 e. The molecule has 1 saturated heterocycles. The van der Waals surface area contributed by atoms with E-state index in [1.807, 2.05) is 35.6 Å². The molecule has 35 heavy (non-hydrogen) atoms. The molecular weight excluding hydrogens is 446 g/mol. The Morgan fingerprint density at radius 3 is 2.11 bits per heavy atom. The maximum absolute atomic E-state index is 12.9. The van der Waals surface area contributed by atoms with Crippen molar-refractivity contribution >= 4 is 23.8 Å². The van der Waals surface area contributed by atoms with Crippen LogP contribution in [-0.2, 0) is 35.5 Å². The molecule has 8 heteroatoms. The molecule has 1 heterocycles. The van der Waals surface area contributed by atoms with E-state index < -0.39 is 17.8 Å². The van der Waals surface area contributed by atoms with Gasteiger partial charge in [0.05, 0.1) is 19.2 Å². The standard InChI is InChI=1S/C27H25N3O5/c1-35-23-14-13-21(17-30-26(33)25(32)29-27(30)34)15-22(23)24(31)28-16-20-11-9-19(10-12-20)8-7-18-5-3-2-4-6-18/h2-6,9-15H,7-8,16-17H2,1H3,(H,28,31)(H,29,32,34). The number of nitrogens with zero attached hydrogens (tertiary/aromatic N) is 1. The molecule has 4 rings (SSSR count). The second-order valence-corrected chi connectivity index (χ2v) is 8.17. The highest BCUT2D eigenvalue weighted by Crippen LogP contribution is 2.22. The summed E-state index contributed by atoms with van der Waals surface area (Å²) in [7, 11) is 1.45. The molecule has 0 atom stereocenters. The third kappa shape index (κ3) is 5.73. The lowest BCUT2D eigenvalue weighted by Crippen LogP contribution is -2.30. The lowest BCUT2D eigenvalue weighted by atomic mass is 10.0. The molecule has 0 aliphatic carbocycles. The Bertz CT molecular complexity index is 1260. The highest BCUT2D eigenvalue weighted by atomic mass is 16.5. The number of carbonyl (C=O) groups is 4. The van der Waals surface area contributed by atoms with Gasteiger partial charge in [0.25, 0.3) is 5.91 Å². The molecule has 5 amide bonds. The summed E-state index contributed by atoms with van der Waals surface area (Å²) in [6, 6.07) is 22.4. The van der Waals surface area contributed by atoms with E-state index in [-0.39, 0.29) is 18.0 Å². The minimum atomic E-state index is -0.965. The number of amides is 5. The quantitative estimate of drug-likeness (QED) is 0.369. The maximum atomic E-state index is 12.9. The monoisotopic (exact) mass is 471 g/mol. The first-order valence-corrected chi connectivity index (χ1v) is 11.2. The first kappa shape index (κ1) is 23.7. The first-order chi connectivity index (χ1) is 16.9. The number of rotatable bonds is 9. The third-order valence-electron chi connectivity index (χ3n) is 5.78. The number of carbonyl (C=O) groups excluding carboxylic acids is 4. The second kappa shape index (κ2) is 10.6. The highest BCUT2D eigenvalue weighted by Gasteiger charge is 2.36. The third-order valence-corrected chi connectivity index (χ3v) is 5.78. The number of nitrogens with one attached hydrogen (secondary N) is 2. The summed E-state index contributed by atoms with van der Waals surface area (Å²) in [5.41, 5.74) is 4.24. The fraction of sp³-hybridized carbons (Fsp3) is 0.185. The Morgan fingerprint density at radius 1 is 0.857 bits per heavy atom. The van der Waals surface area contributed by atoms with Gasteiger partial charge >= 0.3 is 17.8 Å². The van der Waals surface area contributed by atoms with E-state index in [0.717, 1.165) is 23.3 Å². The van der Waals surface area contributed by atoms with Crippen LogP contribution in [0, 0.1) is 0 Å². The molecule has 2 N–H and O–H groups in total. The Hall–Kier alpha value is -4.46. The fourth-order valence-electron chi connectivity index (χ4n) is 3.82. The Balaban J connectivity index is 1.37. The summed E-state index contributed by atoms with van der Waals surface area (Å²) in [4.78, 5) is 48.7. The molecule has 178 valence electrons. The van der Waals surface area contributed by atoms with Crippen molar-refractivity contribution < 1.29 is 23.9 Å².